The third-order valence-corrected chi connectivity index (χ3v) is 6.18. The third kappa shape index (κ3) is 5.41. The first-order chi connectivity index (χ1) is 16.3. The number of likely N-dealkylation sites (tertiary alicyclic amines) is 1. The van der Waals surface area contributed by atoms with Crippen molar-refractivity contribution < 1.29 is 18.4 Å². The second kappa shape index (κ2) is 10.3. The van der Waals surface area contributed by atoms with Gasteiger partial charge in [-0.15, -0.1) is 0 Å². The molecular formula is C25H29F2N5O2. The first-order valence-corrected chi connectivity index (χ1v) is 11.5. The van der Waals surface area contributed by atoms with Crippen LogP contribution < -0.4 is 10.6 Å². The van der Waals surface area contributed by atoms with Crippen LogP contribution in [0.2, 0.25) is 0 Å². The fourth-order valence-electron chi connectivity index (χ4n) is 4.44. The maximum absolute atomic E-state index is 13.8. The number of rotatable bonds is 7. The molecule has 2 heterocycles. The highest BCUT2D eigenvalue weighted by atomic mass is 19.2. The van der Waals surface area contributed by atoms with Crippen LogP contribution in [0.4, 0.5) is 14.5 Å². The molecule has 4 rings (SSSR count). The van der Waals surface area contributed by atoms with E-state index >= 15 is 0 Å². The summed E-state index contributed by atoms with van der Waals surface area (Å²) < 4.78 is 29.0. The largest absolute Gasteiger partial charge is 0.351 e. The van der Waals surface area contributed by atoms with Crippen LogP contribution in [-0.4, -0.2) is 51.9 Å². The zero-order valence-corrected chi connectivity index (χ0v) is 19.3. The molecule has 1 atom stereocenters. The zero-order valence-electron chi connectivity index (χ0n) is 19.3. The molecule has 0 saturated carbocycles. The molecule has 0 radical (unpaired) electrons. The summed E-state index contributed by atoms with van der Waals surface area (Å²) >= 11 is 0. The molecule has 1 fully saturated rings. The quantitative estimate of drug-likeness (QED) is 0.553. The fourth-order valence-corrected chi connectivity index (χ4v) is 4.44. The number of hydrogen-bond donors (Lipinski definition) is 2. The van der Waals surface area contributed by atoms with Gasteiger partial charge in [0.05, 0.1) is 23.9 Å². The molecule has 2 aromatic carbocycles. The topological polar surface area (TPSA) is 79.3 Å². The van der Waals surface area contributed by atoms with Crippen molar-refractivity contribution in [2.45, 2.75) is 38.8 Å². The fraction of sp³-hybridized carbons (Fsp3) is 0.400. The standard InChI is InChI=1S/C25H29F2N5O2/c1-16(2)24(32-15-28-21-12-19(26)20(27)13-22(21)32)25(34)30-18-8-10-31(11-9-18)14-23(33)29-17-6-4-3-5-7-17/h3-7,12-13,15-16,18,24H,8-11,14H2,1-2H3,(H,29,33)(H,30,34). The highest BCUT2D eigenvalue weighted by molar-refractivity contribution is 5.92. The number of imidazole rings is 1. The molecule has 1 saturated heterocycles. The van der Waals surface area contributed by atoms with Gasteiger partial charge in [-0.2, -0.15) is 0 Å². The summed E-state index contributed by atoms with van der Waals surface area (Å²) in [6, 6.07) is 10.8. The van der Waals surface area contributed by atoms with E-state index in [2.05, 4.69) is 20.5 Å². The Kier molecular flexibility index (Phi) is 7.21. The van der Waals surface area contributed by atoms with Crippen molar-refractivity contribution in [2.24, 2.45) is 5.92 Å². The number of piperidine rings is 1. The van der Waals surface area contributed by atoms with Crippen LogP contribution in [-0.2, 0) is 9.59 Å². The second-order valence-electron chi connectivity index (χ2n) is 9.07. The van der Waals surface area contributed by atoms with E-state index in [9.17, 15) is 18.4 Å². The molecule has 0 aliphatic carbocycles. The van der Waals surface area contributed by atoms with E-state index in [-0.39, 0.29) is 23.8 Å². The van der Waals surface area contributed by atoms with Crippen LogP contribution in [0.3, 0.4) is 0 Å². The van der Waals surface area contributed by atoms with Gasteiger partial charge in [-0.3, -0.25) is 14.5 Å². The molecule has 34 heavy (non-hydrogen) atoms. The number of carbonyl (C=O) groups excluding carboxylic acids is 2. The number of fused-ring (bicyclic) bond motifs is 1. The average molecular weight is 470 g/mol. The van der Waals surface area contributed by atoms with Gasteiger partial charge in [0.15, 0.2) is 11.6 Å². The van der Waals surface area contributed by atoms with Crippen LogP contribution in [0, 0.1) is 17.6 Å². The van der Waals surface area contributed by atoms with Gasteiger partial charge in [0, 0.05) is 37.0 Å². The maximum atomic E-state index is 13.8. The molecule has 1 aliphatic heterocycles. The van der Waals surface area contributed by atoms with E-state index in [1.807, 2.05) is 44.2 Å². The Balaban J connectivity index is 1.34. The molecule has 1 aliphatic rings. The molecule has 9 heteroatoms. The van der Waals surface area contributed by atoms with Gasteiger partial charge >= 0.3 is 0 Å². The predicted octanol–water partition coefficient (Wildman–Crippen LogP) is 3.73. The maximum Gasteiger partial charge on any atom is 0.243 e. The average Bonchev–Trinajstić information content (AvgIpc) is 3.18. The number of aromatic nitrogens is 2. The monoisotopic (exact) mass is 469 g/mol. The Morgan fingerprint density at radius 2 is 1.76 bits per heavy atom. The van der Waals surface area contributed by atoms with E-state index in [1.165, 1.54) is 6.33 Å². The lowest BCUT2D eigenvalue weighted by molar-refractivity contribution is -0.126. The van der Waals surface area contributed by atoms with Gasteiger partial charge in [0.1, 0.15) is 6.04 Å². The van der Waals surface area contributed by atoms with Crippen molar-refractivity contribution >= 4 is 28.5 Å². The summed E-state index contributed by atoms with van der Waals surface area (Å²) in [6.45, 7) is 5.50. The lowest BCUT2D eigenvalue weighted by Gasteiger charge is -2.33. The minimum absolute atomic E-state index is 0.0221. The number of benzene rings is 2. The van der Waals surface area contributed by atoms with Crippen LogP contribution in [0.5, 0.6) is 0 Å². The summed E-state index contributed by atoms with van der Waals surface area (Å²) in [5.41, 5.74) is 1.45. The van der Waals surface area contributed by atoms with Crippen molar-refractivity contribution in [1.82, 2.24) is 19.8 Å². The number of nitrogens with one attached hydrogen (secondary N) is 2. The lowest BCUT2D eigenvalue weighted by Crippen LogP contribution is -2.48. The summed E-state index contributed by atoms with van der Waals surface area (Å²) in [4.78, 5) is 31.7. The summed E-state index contributed by atoms with van der Waals surface area (Å²) in [7, 11) is 0. The van der Waals surface area contributed by atoms with E-state index in [1.54, 1.807) is 4.57 Å². The van der Waals surface area contributed by atoms with Gasteiger partial charge < -0.3 is 15.2 Å². The number of hydrogen-bond acceptors (Lipinski definition) is 4. The number of halogens is 2. The molecule has 0 bridgehead atoms. The van der Waals surface area contributed by atoms with Crippen LogP contribution in [0.25, 0.3) is 11.0 Å². The van der Waals surface area contributed by atoms with Gasteiger partial charge in [0.2, 0.25) is 11.8 Å². The minimum atomic E-state index is -0.971. The Bertz CT molecular complexity index is 1160. The molecule has 2 N–H and O–H groups in total. The van der Waals surface area contributed by atoms with Gasteiger partial charge in [-0.05, 0) is 30.9 Å². The molecule has 2 amide bonds. The normalized spacial score (nSPS) is 16.0. The molecule has 0 spiro atoms. The van der Waals surface area contributed by atoms with Crippen molar-refractivity contribution in [1.29, 1.82) is 0 Å². The van der Waals surface area contributed by atoms with Crippen molar-refractivity contribution in [2.75, 3.05) is 25.0 Å². The molecule has 1 aromatic heterocycles. The number of nitrogens with zero attached hydrogens (tertiary/aromatic N) is 3. The SMILES string of the molecule is CC(C)C(C(=O)NC1CCN(CC(=O)Nc2ccccc2)CC1)n1cnc2cc(F)c(F)cc21. The minimum Gasteiger partial charge on any atom is -0.351 e. The van der Waals surface area contributed by atoms with Crippen LogP contribution >= 0.6 is 0 Å². The van der Waals surface area contributed by atoms with Crippen LogP contribution in [0.15, 0.2) is 48.8 Å². The molecule has 7 nitrogen and oxygen atoms in total. The van der Waals surface area contributed by atoms with Gasteiger partial charge in [-0.1, -0.05) is 32.0 Å². The number of amides is 2. The van der Waals surface area contributed by atoms with Crippen molar-refractivity contribution in [3.8, 4) is 0 Å². The van der Waals surface area contributed by atoms with E-state index in [4.69, 9.17) is 0 Å². The first kappa shape index (κ1) is 23.8. The number of para-hydroxylation sites is 1. The number of anilines is 1. The number of carbonyl (C=O) groups is 2. The van der Waals surface area contributed by atoms with Crippen molar-refractivity contribution in [3.63, 3.8) is 0 Å². The van der Waals surface area contributed by atoms with E-state index in [0.717, 1.165) is 30.7 Å². The van der Waals surface area contributed by atoms with Crippen molar-refractivity contribution in [3.05, 3.63) is 60.4 Å². The van der Waals surface area contributed by atoms with Gasteiger partial charge in [0.25, 0.3) is 0 Å². The first-order valence-electron chi connectivity index (χ1n) is 11.5. The summed E-state index contributed by atoms with van der Waals surface area (Å²) in [5, 5.41) is 6.00. The zero-order chi connectivity index (χ0) is 24.2. The Hall–Kier alpha value is -3.33. The Morgan fingerprint density at radius 1 is 1.09 bits per heavy atom. The Morgan fingerprint density at radius 3 is 2.44 bits per heavy atom. The molecule has 1 unspecified atom stereocenters. The van der Waals surface area contributed by atoms with E-state index < -0.39 is 17.7 Å². The summed E-state index contributed by atoms with van der Waals surface area (Å²) in [6.07, 6.45) is 2.90. The lowest BCUT2D eigenvalue weighted by atomic mass is 10.00. The molecular weight excluding hydrogens is 440 g/mol. The van der Waals surface area contributed by atoms with Crippen LogP contribution in [0.1, 0.15) is 32.7 Å². The van der Waals surface area contributed by atoms with E-state index in [0.29, 0.717) is 30.7 Å². The Labute approximate surface area is 197 Å². The predicted molar refractivity (Wildman–Crippen MR) is 126 cm³/mol. The highest BCUT2D eigenvalue weighted by Crippen LogP contribution is 2.26. The second-order valence-corrected chi connectivity index (χ2v) is 9.07. The summed E-state index contributed by atoms with van der Waals surface area (Å²) in [5.74, 6) is -2.27. The third-order valence-electron chi connectivity index (χ3n) is 6.18. The smallest absolute Gasteiger partial charge is 0.243 e. The highest BCUT2D eigenvalue weighted by Gasteiger charge is 2.29. The molecule has 180 valence electrons. The molecule has 3 aromatic rings. The van der Waals surface area contributed by atoms with Gasteiger partial charge in [-0.25, -0.2) is 13.8 Å².